The van der Waals surface area contributed by atoms with Crippen LogP contribution in [0.2, 0.25) is 0 Å². The van der Waals surface area contributed by atoms with Gasteiger partial charge in [-0.15, -0.1) is 0 Å². The maximum Gasteiger partial charge on any atom is 0.319 e. The average Bonchev–Trinajstić information content (AvgIpc) is 2.98. The molecule has 1 aliphatic heterocycles. The summed E-state index contributed by atoms with van der Waals surface area (Å²) in [6.07, 6.45) is 0.787. The zero-order valence-electron chi connectivity index (χ0n) is 13.5. The lowest BCUT2D eigenvalue weighted by Gasteiger charge is -2.11. The summed E-state index contributed by atoms with van der Waals surface area (Å²) < 4.78 is 29.9. The summed E-state index contributed by atoms with van der Waals surface area (Å²) >= 11 is 0. The molecule has 1 aliphatic rings. The number of hydrogen-bond acceptors (Lipinski definition) is 4. The third-order valence-corrected chi connectivity index (χ3v) is 5.52. The van der Waals surface area contributed by atoms with Crippen LogP contribution in [0.3, 0.4) is 0 Å². The Morgan fingerprint density at radius 2 is 2.00 bits per heavy atom. The fourth-order valence-electron chi connectivity index (χ4n) is 2.34. The van der Waals surface area contributed by atoms with Crippen molar-refractivity contribution in [1.29, 1.82) is 0 Å². The Balaban J connectivity index is 1.94. The molecule has 2 rings (SSSR count). The average molecular weight is 340 g/mol. The van der Waals surface area contributed by atoms with E-state index >= 15 is 0 Å². The molecule has 23 heavy (non-hydrogen) atoms. The van der Waals surface area contributed by atoms with Crippen LogP contribution in [0.5, 0.6) is 0 Å². The summed E-state index contributed by atoms with van der Waals surface area (Å²) in [5.74, 6) is 0.543. The molecule has 0 radical (unpaired) electrons. The maximum absolute atomic E-state index is 12.3. The van der Waals surface area contributed by atoms with Crippen LogP contribution < -0.4 is 10.6 Å². The fourth-order valence-corrected chi connectivity index (χ4v) is 3.97. The summed E-state index contributed by atoms with van der Waals surface area (Å²) in [4.78, 5) is 12.0. The van der Waals surface area contributed by atoms with Crippen molar-refractivity contribution in [2.24, 2.45) is 11.8 Å². The number of sulfone groups is 1. The lowest BCUT2D eigenvalue weighted by Crippen LogP contribution is -2.31. The summed E-state index contributed by atoms with van der Waals surface area (Å²) in [7, 11) is -3.32. The van der Waals surface area contributed by atoms with Crippen molar-refractivity contribution in [1.82, 2.24) is 5.32 Å². The van der Waals surface area contributed by atoms with E-state index in [0.717, 1.165) is 6.42 Å². The molecule has 0 spiro atoms. The van der Waals surface area contributed by atoms with E-state index in [1.54, 1.807) is 12.1 Å². The fraction of sp³-hybridized carbons (Fsp3) is 0.562. The van der Waals surface area contributed by atoms with Crippen molar-refractivity contribution in [3.63, 3.8) is 0 Å². The minimum Gasteiger partial charge on any atom is -0.381 e. The Morgan fingerprint density at radius 3 is 2.57 bits per heavy atom. The molecule has 0 aliphatic carbocycles. The molecule has 1 heterocycles. The molecule has 7 heteroatoms. The first-order chi connectivity index (χ1) is 10.9. The zero-order chi connectivity index (χ0) is 16.9. The number of nitrogens with one attached hydrogen (secondary N) is 2. The van der Waals surface area contributed by atoms with E-state index in [1.165, 1.54) is 12.1 Å². The van der Waals surface area contributed by atoms with Gasteiger partial charge in [-0.05, 0) is 42.5 Å². The SMILES string of the molecule is CC(C)CNC(=O)Nc1ccc(S(=O)(=O)CC2CCOC2)cc1. The molecule has 2 amide bonds. The Bertz CT molecular complexity index is 620. The van der Waals surface area contributed by atoms with Gasteiger partial charge >= 0.3 is 6.03 Å². The quantitative estimate of drug-likeness (QED) is 0.832. The first kappa shape index (κ1) is 17.7. The van der Waals surface area contributed by atoms with Crippen LogP contribution in [0.4, 0.5) is 10.5 Å². The number of amides is 2. The normalized spacial score (nSPS) is 18.1. The van der Waals surface area contributed by atoms with Crippen LogP contribution in [0.15, 0.2) is 29.2 Å². The van der Waals surface area contributed by atoms with Gasteiger partial charge in [0, 0.05) is 18.8 Å². The topological polar surface area (TPSA) is 84.5 Å². The van der Waals surface area contributed by atoms with Gasteiger partial charge in [0.25, 0.3) is 0 Å². The highest BCUT2D eigenvalue weighted by Gasteiger charge is 2.24. The minimum absolute atomic E-state index is 0.0691. The largest absolute Gasteiger partial charge is 0.381 e. The number of urea groups is 1. The van der Waals surface area contributed by atoms with Crippen molar-refractivity contribution < 1.29 is 17.9 Å². The van der Waals surface area contributed by atoms with E-state index in [2.05, 4.69) is 10.6 Å². The molecule has 0 bridgehead atoms. The monoisotopic (exact) mass is 340 g/mol. The molecule has 0 aromatic heterocycles. The predicted molar refractivity (Wildman–Crippen MR) is 89.3 cm³/mol. The Hall–Kier alpha value is -1.60. The highest BCUT2D eigenvalue weighted by Crippen LogP contribution is 2.21. The van der Waals surface area contributed by atoms with Gasteiger partial charge in [-0.1, -0.05) is 13.8 Å². The Kier molecular flexibility index (Phi) is 6.01. The highest BCUT2D eigenvalue weighted by atomic mass is 32.2. The van der Waals surface area contributed by atoms with Crippen molar-refractivity contribution in [2.45, 2.75) is 25.2 Å². The van der Waals surface area contributed by atoms with Gasteiger partial charge in [-0.2, -0.15) is 0 Å². The van der Waals surface area contributed by atoms with E-state index in [0.29, 0.717) is 31.4 Å². The third-order valence-electron chi connectivity index (χ3n) is 3.62. The van der Waals surface area contributed by atoms with Gasteiger partial charge in [-0.3, -0.25) is 0 Å². The molecule has 1 unspecified atom stereocenters. The van der Waals surface area contributed by atoms with Gasteiger partial charge in [0.2, 0.25) is 0 Å². The first-order valence-electron chi connectivity index (χ1n) is 7.82. The van der Waals surface area contributed by atoms with Gasteiger partial charge in [0.15, 0.2) is 9.84 Å². The summed E-state index contributed by atoms with van der Waals surface area (Å²) in [5.41, 5.74) is 0.564. The van der Waals surface area contributed by atoms with Crippen LogP contribution in [-0.2, 0) is 14.6 Å². The molecule has 6 nitrogen and oxygen atoms in total. The smallest absolute Gasteiger partial charge is 0.319 e. The summed E-state index contributed by atoms with van der Waals surface area (Å²) in [5, 5.41) is 5.43. The second-order valence-corrected chi connectivity index (χ2v) is 8.30. The molecular weight excluding hydrogens is 316 g/mol. The molecule has 1 fully saturated rings. The molecule has 1 saturated heterocycles. The second kappa shape index (κ2) is 7.79. The molecule has 1 atom stereocenters. The van der Waals surface area contributed by atoms with Crippen LogP contribution in [0.25, 0.3) is 0 Å². The van der Waals surface area contributed by atoms with E-state index in [-0.39, 0.29) is 22.6 Å². The number of carbonyl (C=O) groups excluding carboxylic acids is 1. The second-order valence-electron chi connectivity index (χ2n) is 6.26. The van der Waals surface area contributed by atoms with E-state index in [4.69, 9.17) is 4.74 Å². The standard InChI is InChI=1S/C16H24N2O4S/c1-12(2)9-17-16(19)18-14-3-5-15(6-4-14)23(20,21)11-13-7-8-22-10-13/h3-6,12-13H,7-11H2,1-2H3,(H2,17,18,19). The predicted octanol–water partition coefficient (Wildman–Crippen LogP) is 2.27. The number of rotatable bonds is 6. The summed E-state index contributed by atoms with van der Waals surface area (Å²) in [6, 6.07) is 5.98. The van der Waals surface area contributed by atoms with Crippen LogP contribution >= 0.6 is 0 Å². The maximum atomic E-state index is 12.3. The Morgan fingerprint density at radius 1 is 1.30 bits per heavy atom. The number of hydrogen-bond donors (Lipinski definition) is 2. The zero-order valence-corrected chi connectivity index (χ0v) is 14.4. The highest BCUT2D eigenvalue weighted by molar-refractivity contribution is 7.91. The van der Waals surface area contributed by atoms with Crippen LogP contribution in [0.1, 0.15) is 20.3 Å². The molecule has 2 N–H and O–H groups in total. The molecule has 128 valence electrons. The number of carbonyl (C=O) groups is 1. The van der Waals surface area contributed by atoms with Crippen molar-refractivity contribution >= 4 is 21.6 Å². The minimum atomic E-state index is -3.32. The van der Waals surface area contributed by atoms with Gasteiger partial charge < -0.3 is 15.4 Å². The Labute approximate surface area is 137 Å². The van der Waals surface area contributed by atoms with Crippen molar-refractivity contribution in [3.05, 3.63) is 24.3 Å². The lowest BCUT2D eigenvalue weighted by atomic mass is 10.2. The third kappa shape index (κ3) is 5.51. The van der Waals surface area contributed by atoms with Gasteiger partial charge in [0.05, 0.1) is 17.3 Å². The van der Waals surface area contributed by atoms with Crippen molar-refractivity contribution in [3.8, 4) is 0 Å². The first-order valence-corrected chi connectivity index (χ1v) is 9.47. The van der Waals surface area contributed by atoms with E-state index in [9.17, 15) is 13.2 Å². The molecule has 0 saturated carbocycles. The van der Waals surface area contributed by atoms with Gasteiger partial charge in [0.1, 0.15) is 0 Å². The van der Waals surface area contributed by atoms with E-state index in [1.807, 2.05) is 13.8 Å². The van der Waals surface area contributed by atoms with Gasteiger partial charge in [-0.25, -0.2) is 13.2 Å². The number of benzene rings is 1. The molecule has 1 aromatic rings. The molecular formula is C16H24N2O4S. The lowest BCUT2D eigenvalue weighted by molar-refractivity contribution is 0.188. The summed E-state index contributed by atoms with van der Waals surface area (Å²) in [6.45, 7) is 5.75. The molecule has 1 aromatic carbocycles. The van der Waals surface area contributed by atoms with Crippen LogP contribution in [-0.4, -0.2) is 40.0 Å². The van der Waals surface area contributed by atoms with E-state index < -0.39 is 9.84 Å². The number of anilines is 1. The number of ether oxygens (including phenoxy) is 1. The van der Waals surface area contributed by atoms with Crippen molar-refractivity contribution in [2.75, 3.05) is 30.8 Å². The van der Waals surface area contributed by atoms with Crippen LogP contribution in [0, 0.1) is 11.8 Å².